The smallest absolute Gasteiger partial charge is 0.123 e. The van der Waals surface area contributed by atoms with Crippen molar-refractivity contribution in [3.05, 3.63) is 59.7 Å². The standard InChI is InChI=1S/C25H36N2O2/c1-4-29-25-10-6-5-9-23(25)20-26(2)18-22-8-7-16-27(19-22)17-15-21-11-13-24(28-3)14-12-21/h5-6,9-14,22H,4,7-8,15-20H2,1-3H3. The summed E-state index contributed by atoms with van der Waals surface area (Å²) in [5, 5.41) is 0. The zero-order valence-electron chi connectivity index (χ0n) is 18.3. The van der Waals surface area contributed by atoms with Gasteiger partial charge in [-0.2, -0.15) is 0 Å². The molecule has 1 aliphatic rings. The zero-order chi connectivity index (χ0) is 20.5. The Morgan fingerprint density at radius 3 is 2.66 bits per heavy atom. The lowest BCUT2D eigenvalue weighted by molar-refractivity contribution is 0.142. The van der Waals surface area contributed by atoms with E-state index in [4.69, 9.17) is 9.47 Å². The molecule has 158 valence electrons. The molecule has 1 heterocycles. The van der Waals surface area contributed by atoms with Crippen molar-refractivity contribution in [2.24, 2.45) is 5.92 Å². The topological polar surface area (TPSA) is 24.9 Å². The van der Waals surface area contributed by atoms with Crippen LogP contribution in [0.1, 0.15) is 30.9 Å². The van der Waals surface area contributed by atoms with Gasteiger partial charge in [0.1, 0.15) is 11.5 Å². The number of benzene rings is 2. The Kier molecular flexibility index (Phi) is 8.38. The van der Waals surface area contributed by atoms with Crippen molar-refractivity contribution in [1.82, 2.24) is 9.80 Å². The monoisotopic (exact) mass is 396 g/mol. The summed E-state index contributed by atoms with van der Waals surface area (Å²) in [6.45, 7) is 8.41. The highest BCUT2D eigenvalue weighted by Gasteiger charge is 2.21. The normalized spacial score (nSPS) is 17.4. The van der Waals surface area contributed by atoms with Gasteiger partial charge < -0.3 is 19.3 Å². The quantitative estimate of drug-likeness (QED) is 0.591. The fourth-order valence-electron chi connectivity index (χ4n) is 4.31. The highest BCUT2D eigenvalue weighted by molar-refractivity contribution is 5.33. The minimum absolute atomic E-state index is 0.715. The molecule has 0 aliphatic carbocycles. The molecule has 0 radical (unpaired) electrons. The molecule has 1 atom stereocenters. The van der Waals surface area contributed by atoms with Crippen molar-refractivity contribution in [3.8, 4) is 11.5 Å². The molecule has 1 unspecified atom stereocenters. The average molecular weight is 397 g/mol. The summed E-state index contributed by atoms with van der Waals surface area (Å²) in [6, 6.07) is 16.9. The summed E-state index contributed by atoms with van der Waals surface area (Å²) in [5.74, 6) is 2.69. The van der Waals surface area contributed by atoms with E-state index in [9.17, 15) is 0 Å². The van der Waals surface area contributed by atoms with Crippen LogP contribution in [-0.2, 0) is 13.0 Å². The van der Waals surface area contributed by atoms with Gasteiger partial charge in [-0.15, -0.1) is 0 Å². The molecule has 4 heteroatoms. The van der Waals surface area contributed by atoms with Crippen molar-refractivity contribution >= 4 is 0 Å². The molecule has 0 bridgehead atoms. The molecule has 0 amide bonds. The van der Waals surface area contributed by atoms with E-state index in [1.54, 1.807) is 7.11 Å². The summed E-state index contributed by atoms with van der Waals surface area (Å²) >= 11 is 0. The first kappa shape index (κ1) is 21.7. The summed E-state index contributed by atoms with van der Waals surface area (Å²) in [5.41, 5.74) is 2.67. The number of hydrogen-bond donors (Lipinski definition) is 0. The highest BCUT2D eigenvalue weighted by Crippen LogP contribution is 2.22. The van der Waals surface area contributed by atoms with Gasteiger partial charge in [0.2, 0.25) is 0 Å². The van der Waals surface area contributed by atoms with Crippen molar-refractivity contribution in [2.45, 2.75) is 32.7 Å². The number of likely N-dealkylation sites (tertiary alicyclic amines) is 1. The minimum atomic E-state index is 0.715. The van der Waals surface area contributed by atoms with Crippen LogP contribution in [0.2, 0.25) is 0 Å². The third-order valence-electron chi connectivity index (χ3n) is 5.76. The molecule has 1 saturated heterocycles. The highest BCUT2D eigenvalue weighted by atomic mass is 16.5. The number of hydrogen-bond acceptors (Lipinski definition) is 4. The van der Waals surface area contributed by atoms with Gasteiger partial charge >= 0.3 is 0 Å². The predicted octanol–water partition coefficient (Wildman–Crippen LogP) is 4.48. The maximum absolute atomic E-state index is 5.79. The van der Waals surface area contributed by atoms with Gasteiger partial charge in [-0.3, -0.25) is 0 Å². The number of nitrogens with zero attached hydrogens (tertiary/aromatic N) is 2. The van der Waals surface area contributed by atoms with E-state index in [0.29, 0.717) is 6.61 Å². The molecule has 1 aliphatic heterocycles. The van der Waals surface area contributed by atoms with Gasteiger partial charge in [0.15, 0.2) is 0 Å². The summed E-state index contributed by atoms with van der Waals surface area (Å²) < 4.78 is 11.0. The van der Waals surface area contributed by atoms with Crippen molar-refractivity contribution in [3.63, 3.8) is 0 Å². The lowest BCUT2D eigenvalue weighted by atomic mass is 9.97. The minimum Gasteiger partial charge on any atom is -0.497 e. The van der Waals surface area contributed by atoms with E-state index >= 15 is 0 Å². The summed E-state index contributed by atoms with van der Waals surface area (Å²) in [7, 11) is 3.95. The molecule has 0 N–H and O–H groups in total. The summed E-state index contributed by atoms with van der Waals surface area (Å²) in [4.78, 5) is 5.09. The van der Waals surface area contributed by atoms with Crippen LogP contribution in [-0.4, -0.2) is 56.7 Å². The van der Waals surface area contributed by atoms with Crippen LogP contribution in [0.3, 0.4) is 0 Å². The van der Waals surface area contributed by atoms with Crippen molar-refractivity contribution < 1.29 is 9.47 Å². The Morgan fingerprint density at radius 1 is 1.10 bits per heavy atom. The first-order valence-electron chi connectivity index (χ1n) is 10.9. The van der Waals surface area contributed by atoms with E-state index in [1.807, 2.05) is 6.92 Å². The van der Waals surface area contributed by atoms with Crippen LogP contribution in [0.25, 0.3) is 0 Å². The van der Waals surface area contributed by atoms with Crippen molar-refractivity contribution in [2.75, 3.05) is 46.9 Å². The van der Waals surface area contributed by atoms with Gasteiger partial charge in [0.05, 0.1) is 13.7 Å². The number of ether oxygens (including phenoxy) is 2. The number of para-hydroxylation sites is 1. The third kappa shape index (κ3) is 6.76. The maximum Gasteiger partial charge on any atom is 0.123 e. The molecular weight excluding hydrogens is 360 g/mol. The largest absolute Gasteiger partial charge is 0.497 e. The predicted molar refractivity (Wildman–Crippen MR) is 120 cm³/mol. The van der Waals surface area contributed by atoms with E-state index < -0.39 is 0 Å². The molecule has 0 aromatic heterocycles. The number of methoxy groups -OCH3 is 1. The summed E-state index contributed by atoms with van der Waals surface area (Å²) in [6.07, 6.45) is 3.74. The molecular formula is C25H36N2O2. The zero-order valence-corrected chi connectivity index (χ0v) is 18.3. The Bertz CT molecular complexity index is 732. The van der Waals surface area contributed by atoms with Crippen molar-refractivity contribution in [1.29, 1.82) is 0 Å². The third-order valence-corrected chi connectivity index (χ3v) is 5.76. The fraction of sp³-hybridized carbons (Fsp3) is 0.520. The average Bonchev–Trinajstić information content (AvgIpc) is 2.74. The first-order valence-corrected chi connectivity index (χ1v) is 10.9. The van der Waals surface area contributed by atoms with Crippen LogP contribution < -0.4 is 9.47 Å². The SMILES string of the molecule is CCOc1ccccc1CN(C)CC1CCCN(CCc2ccc(OC)cc2)C1. The maximum atomic E-state index is 5.79. The van der Waals surface area contributed by atoms with E-state index in [1.165, 1.54) is 37.1 Å². The molecule has 0 saturated carbocycles. The van der Waals surface area contributed by atoms with E-state index in [-0.39, 0.29) is 0 Å². The number of rotatable bonds is 10. The van der Waals surface area contributed by atoms with Crippen LogP contribution in [0.4, 0.5) is 0 Å². The van der Waals surface area contributed by atoms with E-state index in [2.05, 4.69) is 65.4 Å². The molecule has 2 aromatic rings. The van der Waals surface area contributed by atoms with Crippen LogP contribution in [0.15, 0.2) is 48.5 Å². The van der Waals surface area contributed by atoms with Gasteiger partial charge in [-0.05, 0) is 69.5 Å². The van der Waals surface area contributed by atoms with Crippen LogP contribution >= 0.6 is 0 Å². The Balaban J connectivity index is 1.46. The fourth-order valence-corrected chi connectivity index (χ4v) is 4.31. The van der Waals surface area contributed by atoms with Gasteiger partial charge in [0, 0.05) is 31.7 Å². The van der Waals surface area contributed by atoms with E-state index in [0.717, 1.165) is 43.5 Å². The Morgan fingerprint density at radius 2 is 1.90 bits per heavy atom. The van der Waals surface area contributed by atoms with Crippen LogP contribution in [0, 0.1) is 5.92 Å². The Labute approximate surface area is 176 Å². The molecule has 29 heavy (non-hydrogen) atoms. The first-order chi connectivity index (χ1) is 14.2. The van der Waals surface area contributed by atoms with Gasteiger partial charge in [-0.25, -0.2) is 0 Å². The molecule has 0 spiro atoms. The second-order valence-electron chi connectivity index (χ2n) is 8.14. The molecule has 3 rings (SSSR count). The number of piperidine rings is 1. The second kappa shape index (κ2) is 11.2. The van der Waals surface area contributed by atoms with Gasteiger partial charge in [-0.1, -0.05) is 30.3 Å². The molecule has 1 fully saturated rings. The van der Waals surface area contributed by atoms with Gasteiger partial charge in [0.25, 0.3) is 0 Å². The lowest BCUT2D eigenvalue weighted by Crippen LogP contribution is -2.40. The molecule has 2 aromatic carbocycles. The molecule has 4 nitrogen and oxygen atoms in total. The lowest BCUT2D eigenvalue weighted by Gasteiger charge is -2.35. The Hall–Kier alpha value is -2.04. The van der Waals surface area contributed by atoms with Crippen LogP contribution in [0.5, 0.6) is 11.5 Å². The second-order valence-corrected chi connectivity index (χ2v) is 8.14.